The Kier molecular flexibility index (Phi) is 3.19. The van der Waals surface area contributed by atoms with Gasteiger partial charge in [0, 0.05) is 0 Å². The minimum absolute atomic E-state index is 1.66. The fourth-order valence-corrected chi connectivity index (χ4v) is 0.699. The molecule has 1 heterocycles. The summed E-state index contributed by atoms with van der Waals surface area (Å²) in [5.41, 5.74) is 0. The van der Waals surface area contributed by atoms with E-state index in [1.807, 2.05) is 10.3 Å². The van der Waals surface area contributed by atoms with Gasteiger partial charge in [0.15, 0.2) is 0 Å². The SMILES string of the molecule is FC(F)(F)C(F)(F)c1nnn(C(F)(F)C(F)(F)F)n1. The van der Waals surface area contributed by atoms with Crippen molar-refractivity contribution in [3.63, 3.8) is 0 Å². The lowest BCUT2D eigenvalue weighted by molar-refractivity contribution is -0.333. The van der Waals surface area contributed by atoms with E-state index >= 15 is 0 Å². The van der Waals surface area contributed by atoms with E-state index in [-0.39, 0.29) is 0 Å². The Hall–Kier alpha value is -1.63. The summed E-state index contributed by atoms with van der Waals surface area (Å²) in [4.78, 5) is -1.66. The Labute approximate surface area is 95.5 Å². The van der Waals surface area contributed by atoms with Gasteiger partial charge < -0.3 is 0 Å². The van der Waals surface area contributed by atoms with Crippen LogP contribution in [-0.2, 0) is 12.0 Å². The summed E-state index contributed by atoms with van der Waals surface area (Å²) >= 11 is 0. The zero-order valence-corrected chi connectivity index (χ0v) is 8.07. The molecule has 19 heavy (non-hydrogen) atoms. The van der Waals surface area contributed by atoms with Crippen LogP contribution < -0.4 is 0 Å². The first-order chi connectivity index (χ1) is 8.21. The lowest BCUT2D eigenvalue weighted by atomic mass is 10.3. The van der Waals surface area contributed by atoms with Crippen molar-refractivity contribution in [2.24, 2.45) is 0 Å². The number of tetrazole rings is 1. The molecule has 0 aliphatic heterocycles. The summed E-state index contributed by atoms with van der Waals surface area (Å²) in [6, 6.07) is -5.88. The number of aromatic nitrogens is 4. The smallest absolute Gasteiger partial charge is 0.187 e. The maximum atomic E-state index is 12.5. The van der Waals surface area contributed by atoms with E-state index in [4.69, 9.17) is 0 Å². The summed E-state index contributed by atoms with van der Waals surface area (Å²) in [5, 5.41) is 5.47. The van der Waals surface area contributed by atoms with Crippen molar-refractivity contribution < 1.29 is 43.9 Å². The summed E-state index contributed by atoms with van der Waals surface area (Å²) < 4.78 is 121. The first-order valence-electron chi connectivity index (χ1n) is 3.91. The van der Waals surface area contributed by atoms with Gasteiger partial charge in [0.2, 0.25) is 0 Å². The first kappa shape index (κ1) is 15.4. The lowest BCUT2D eigenvalue weighted by Gasteiger charge is -2.17. The van der Waals surface area contributed by atoms with Gasteiger partial charge in [0.25, 0.3) is 5.82 Å². The largest absolute Gasteiger partial charge is 0.479 e. The quantitative estimate of drug-likeness (QED) is 0.788. The Morgan fingerprint density at radius 3 is 1.58 bits per heavy atom. The van der Waals surface area contributed by atoms with Gasteiger partial charge in [-0.05, 0) is 5.21 Å². The van der Waals surface area contributed by atoms with Gasteiger partial charge in [-0.2, -0.15) is 43.9 Å². The molecule has 0 radical (unpaired) electrons. The number of halogens is 10. The van der Waals surface area contributed by atoms with Crippen molar-refractivity contribution in [2.45, 2.75) is 24.3 Å². The molecule has 0 atom stereocenters. The van der Waals surface area contributed by atoms with Gasteiger partial charge in [-0.3, -0.25) is 0 Å². The number of rotatable bonds is 2. The molecule has 0 amide bonds. The molecule has 0 aromatic carbocycles. The molecule has 0 saturated heterocycles. The van der Waals surface area contributed by atoms with Crippen molar-refractivity contribution >= 4 is 0 Å². The van der Waals surface area contributed by atoms with Crippen molar-refractivity contribution in [1.29, 1.82) is 0 Å². The summed E-state index contributed by atoms with van der Waals surface area (Å²) in [7, 11) is 0. The number of hydrogen-bond donors (Lipinski definition) is 0. The van der Waals surface area contributed by atoms with Crippen LogP contribution in [0.4, 0.5) is 43.9 Å². The van der Waals surface area contributed by atoms with Crippen LogP contribution in [0.15, 0.2) is 0 Å². The molecule has 1 aromatic heterocycles. The van der Waals surface area contributed by atoms with E-state index in [1.165, 1.54) is 0 Å². The minimum atomic E-state index is -6.29. The van der Waals surface area contributed by atoms with Gasteiger partial charge >= 0.3 is 24.3 Å². The Balaban J connectivity index is 3.22. The van der Waals surface area contributed by atoms with Crippen LogP contribution in [0.2, 0.25) is 0 Å². The average molecular weight is 306 g/mol. The van der Waals surface area contributed by atoms with E-state index in [1.54, 1.807) is 5.10 Å². The van der Waals surface area contributed by atoms with Gasteiger partial charge in [-0.15, -0.1) is 10.2 Å². The average Bonchev–Trinajstić information content (AvgIpc) is 2.62. The van der Waals surface area contributed by atoms with E-state index < -0.39 is 34.9 Å². The number of hydrogen-bond acceptors (Lipinski definition) is 3. The van der Waals surface area contributed by atoms with Crippen LogP contribution in [0, 0.1) is 0 Å². The Morgan fingerprint density at radius 1 is 0.737 bits per heavy atom. The summed E-state index contributed by atoms with van der Waals surface area (Å²) in [6.07, 6.45) is -12.6. The molecule has 4 nitrogen and oxygen atoms in total. The number of alkyl halides is 10. The van der Waals surface area contributed by atoms with E-state index in [0.717, 1.165) is 0 Å². The fraction of sp³-hybridized carbons (Fsp3) is 0.800. The molecular formula is C5F10N4. The topological polar surface area (TPSA) is 43.6 Å². The van der Waals surface area contributed by atoms with Crippen molar-refractivity contribution in [3.8, 4) is 0 Å². The van der Waals surface area contributed by atoms with Gasteiger partial charge in [0.05, 0.1) is 0 Å². The molecule has 0 aliphatic rings. The monoisotopic (exact) mass is 306 g/mol. The molecular weight excluding hydrogens is 306 g/mol. The zero-order chi connectivity index (χ0) is 15.3. The molecule has 0 unspecified atom stereocenters. The molecule has 1 rings (SSSR count). The Morgan fingerprint density at radius 2 is 1.21 bits per heavy atom. The van der Waals surface area contributed by atoms with Crippen LogP contribution in [0.1, 0.15) is 5.82 Å². The zero-order valence-electron chi connectivity index (χ0n) is 8.07. The van der Waals surface area contributed by atoms with Crippen LogP contribution in [0.5, 0.6) is 0 Å². The second-order valence-electron chi connectivity index (χ2n) is 3.01. The normalized spacial score (nSPS) is 14.8. The second-order valence-corrected chi connectivity index (χ2v) is 3.01. The van der Waals surface area contributed by atoms with Gasteiger partial charge in [-0.1, -0.05) is 4.80 Å². The second kappa shape index (κ2) is 3.93. The third kappa shape index (κ3) is 2.42. The molecule has 0 spiro atoms. The molecule has 14 heteroatoms. The summed E-state index contributed by atoms with van der Waals surface area (Å²) in [5.74, 6) is -8.43. The van der Waals surface area contributed by atoms with Crippen molar-refractivity contribution in [3.05, 3.63) is 5.82 Å². The molecule has 1 aromatic rings. The lowest BCUT2D eigenvalue weighted by Crippen LogP contribution is -2.41. The third-order valence-corrected chi connectivity index (χ3v) is 1.64. The van der Waals surface area contributed by atoms with Crippen molar-refractivity contribution in [2.75, 3.05) is 0 Å². The van der Waals surface area contributed by atoms with Gasteiger partial charge in [0.1, 0.15) is 0 Å². The highest BCUT2D eigenvalue weighted by Crippen LogP contribution is 2.43. The maximum absolute atomic E-state index is 12.5. The van der Waals surface area contributed by atoms with Crippen LogP contribution in [0.3, 0.4) is 0 Å². The highest BCUT2D eigenvalue weighted by atomic mass is 19.4. The first-order valence-corrected chi connectivity index (χ1v) is 3.91. The maximum Gasteiger partial charge on any atom is 0.479 e. The predicted molar refractivity (Wildman–Crippen MR) is 34.0 cm³/mol. The third-order valence-electron chi connectivity index (χ3n) is 1.64. The van der Waals surface area contributed by atoms with Gasteiger partial charge in [-0.25, -0.2) is 0 Å². The highest BCUT2D eigenvalue weighted by molar-refractivity contribution is 4.96. The standard InChI is InChI=1S/C5F10N4/c6-2(7,3(8,9)10)1-16-18-19(17-1)5(14,15)4(11,12)13. The van der Waals surface area contributed by atoms with E-state index in [0.29, 0.717) is 0 Å². The highest BCUT2D eigenvalue weighted by Gasteiger charge is 2.65. The minimum Gasteiger partial charge on any atom is -0.187 e. The molecule has 0 saturated carbocycles. The van der Waals surface area contributed by atoms with Crippen LogP contribution in [-0.4, -0.2) is 32.6 Å². The number of nitrogens with zero attached hydrogens (tertiary/aromatic N) is 4. The molecule has 110 valence electrons. The van der Waals surface area contributed by atoms with Crippen LogP contribution >= 0.6 is 0 Å². The molecule has 0 bridgehead atoms. The Bertz CT molecular complexity index is 415. The van der Waals surface area contributed by atoms with Crippen LogP contribution in [0.25, 0.3) is 0 Å². The van der Waals surface area contributed by atoms with E-state index in [2.05, 4.69) is 0 Å². The summed E-state index contributed by atoms with van der Waals surface area (Å²) in [6.45, 7) is 0. The predicted octanol–water partition coefficient (Wildman–Crippen LogP) is 2.44. The molecule has 0 fully saturated rings. The molecule has 0 aliphatic carbocycles. The molecule has 0 N–H and O–H groups in total. The van der Waals surface area contributed by atoms with E-state index in [9.17, 15) is 43.9 Å². The van der Waals surface area contributed by atoms with Crippen molar-refractivity contribution in [1.82, 2.24) is 20.2 Å². The fourth-order valence-electron chi connectivity index (χ4n) is 0.699.